The van der Waals surface area contributed by atoms with Gasteiger partial charge in [0.2, 0.25) is 5.91 Å². The van der Waals surface area contributed by atoms with E-state index in [9.17, 15) is 9.59 Å². The maximum Gasteiger partial charge on any atom is 0.256 e. The summed E-state index contributed by atoms with van der Waals surface area (Å²) in [5, 5.41) is 10.1. The van der Waals surface area contributed by atoms with E-state index in [0.29, 0.717) is 12.1 Å². The smallest absolute Gasteiger partial charge is 0.256 e. The van der Waals surface area contributed by atoms with Crippen molar-refractivity contribution in [1.29, 1.82) is 0 Å². The van der Waals surface area contributed by atoms with Crippen molar-refractivity contribution in [2.75, 3.05) is 42.9 Å². The highest BCUT2D eigenvalue weighted by molar-refractivity contribution is 7.08. The van der Waals surface area contributed by atoms with Gasteiger partial charge in [-0.25, -0.2) is 0 Å². The molecule has 38 heavy (non-hydrogen) atoms. The summed E-state index contributed by atoms with van der Waals surface area (Å²) in [6.45, 7) is 5.78. The van der Waals surface area contributed by atoms with Crippen molar-refractivity contribution in [1.82, 2.24) is 10.2 Å². The van der Waals surface area contributed by atoms with E-state index in [4.69, 9.17) is 0 Å². The normalized spacial score (nSPS) is 14.6. The fourth-order valence-electron chi connectivity index (χ4n) is 4.98. The van der Waals surface area contributed by atoms with Crippen molar-refractivity contribution < 1.29 is 9.59 Å². The van der Waals surface area contributed by atoms with Crippen LogP contribution in [0.1, 0.15) is 28.9 Å². The largest absolute Gasteiger partial charge is 0.369 e. The number of anilines is 2. The van der Waals surface area contributed by atoms with Gasteiger partial charge in [-0.15, -0.1) is 0 Å². The molecule has 2 heterocycles. The molecule has 1 atom stereocenters. The molecule has 6 nitrogen and oxygen atoms in total. The maximum absolute atomic E-state index is 13.1. The summed E-state index contributed by atoms with van der Waals surface area (Å²) in [5.74, 6) is -0.0710. The first-order valence-corrected chi connectivity index (χ1v) is 13.9. The molecule has 3 aromatic carbocycles. The lowest BCUT2D eigenvalue weighted by Gasteiger charge is -2.39. The van der Waals surface area contributed by atoms with Crippen LogP contribution in [0.3, 0.4) is 0 Å². The monoisotopic (exact) mass is 524 g/mol. The van der Waals surface area contributed by atoms with Crippen LogP contribution in [0, 0.1) is 0 Å². The fraction of sp³-hybridized carbons (Fsp3) is 0.226. The maximum atomic E-state index is 13.1. The minimum absolute atomic E-state index is 0.0489. The van der Waals surface area contributed by atoms with Crippen LogP contribution < -0.4 is 15.5 Å². The summed E-state index contributed by atoms with van der Waals surface area (Å²) in [7, 11) is 0. The predicted molar refractivity (Wildman–Crippen MR) is 156 cm³/mol. The van der Waals surface area contributed by atoms with Gasteiger partial charge < -0.3 is 15.5 Å². The van der Waals surface area contributed by atoms with Gasteiger partial charge >= 0.3 is 0 Å². The Labute approximate surface area is 227 Å². The van der Waals surface area contributed by atoms with Crippen LogP contribution in [0.5, 0.6) is 0 Å². The number of piperazine rings is 1. The molecule has 1 saturated heterocycles. The van der Waals surface area contributed by atoms with Crippen LogP contribution in [0.4, 0.5) is 11.4 Å². The molecule has 194 valence electrons. The quantitative estimate of drug-likeness (QED) is 0.312. The Morgan fingerprint density at radius 3 is 2.26 bits per heavy atom. The van der Waals surface area contributed by atoms with Gasteiger partial charge in [-0.1, -0.05) is 48.5 Å². The second-order valence-corrected chi connectivity index (χ2v) is 10.1. The van der Waals surface area contributed by atoms with E-state index < -0.39 is 0 Å². The number of carbonyl (C=O) groups excluding carboxylic acids is 2. The van der Waals surface area contributed by atoms with Gasteiger partial charge in [-0.05, 0) is 70.8 Å². The van der Waals surface area contributed by atoms with Crippen LogP contribution in [0.2, 0.25) is 0 Å². The number of benzene rings is 3. The van der Waals surface area contributed by atoms with E-state index >= 15 is 0 Å². The van der Waals surface area contributed by atoms with E-state index in [-0.39, 0.29) is 17.9 Å². The number of nitrogens with one attached hydrogen (secondary N) is 2. The van der Waals surface area contributed by atoms with Crippen molar-refractivity contribution in [2.45, 2.75) is 13.0 Å². The van der Waals surface area contributed by atoms with E-state index in [1.165, 1.54) is 0 Å². The second kappa shape index (κ2) is 12.1. The Morgan fingerprint density at radius 1 is 0.868 bits per heavy atom. The molecule has 0 bridgehead atoms. The topological polar surface area (TPSA) is 64.7 Å². The van der Waals surface area contributed by atoms with Crippen molar-refractivity contribution >= 4 is 34.5 Å². The third-order valence-corrected chi connectivity index (χ3v) is 7.57. The number of amides is 2. The first-order chi connectivity index (χ1) is 18.6. The summed E-state index contributed by atoms with van der Waals surface area (Å²) in [6, 6.07) is 27.4. The Kier molecular flexibility index (Phi) is 8.16. The number of likely N-dealkylation sites (N-methyl/N-ethyl adjacent to an activating group) is 1. The minimum atomic E-state index is -0.284. The third kappa shape index (κ3) is 5.79. The summed E-state index contributed by atoms with van der Waals surface area (Å²) in [6.07, 6.45) is 0. The van der Waals surface area contributed by atoms with E-state index in [2.05, 4.69) is 37.9 Å². The van der Waals surface area contributed by atoms with Gasteiger partial charge in [0.1, 0.15) is 6.04 Å². The minimum Gasteiger partial charge on any atom is -0.369 e. The molecule has 1 fully saturated rings. The zero-order valence-electron chi connectivity index (χ0n) is 21.5. The standard InChI is InChI=1S/C31H32N4O2S/c1-2-32-31(37)29(23-8-4-3-5-9-23)35-19-17-34(18-20-35)26-14-12-25(13-15-26)33-30(36)28-11-7-6-10-27(28)24-16-21-38-22-24/h3-16,21-22,29H,2,17-20H2,1H3,(H,32,37)(H,33,36). The van der Waals surface area contributed by atoms with Crippen LogP contribution in [-0.2, 0) is 4.79 Å². The Balaban J connectivity index is 1.22. The molecular weight excluding hydrogens is 492 g/mol. The molecule has 1 aliphatic heterocycles. The van der Waals surface area contributed by atoms with Crippen LogP contribution in [0.15, 0.2) is 95.7 Å². The highest BCUT2D eigenvalue weighted by atomic mass is 32.1. The molecule has 0 saturated carbocycles. The summed E-state index contributed by atoms with van der Waals surface area (Å²) in [5.41, 5.74) is 5.53. The molecule has 1 unspecified atom stereocenters. The molecule has 0 spiro atoms. The molecule has 2 N–H and O–H groups in total. The summed E-state index contributed by atoms with van der Waals surface area (Å²) in [4.78, 5) is 30.6. The first kappa shape index (κ1) is 25.7. The van der Waals surface area contributed by atoms with Gasteiger partial charge in [-0.3, -0.25) is 14.5 Å². The lowest BCUT2D eigenvalue weighted by atomic mass is 10.0. The summed E-state index contributed by atoms with van der Waals surface area (Å²) < 4.78 is 0. The van der Waals surface area contributed by atoms with Gasteiger partial charge in [-0.2, -0.15) is 11.3 Å². The molecule has 1 aliphatic rings. The molecule has 4 aromatic rings. The molecule has 0 radical (unpaired) electrons. The first-order valence-electron chi connectivity index (χ1n) is 13.0. The lowest BCUT2D eigenvalue weighted by molar-refractivity contribution is -0.126. The van der Waals surface area contributed by atoms with Crippen LogP contribution in [-0.4, -0.2) is 49.4 Å². The molecule has 1 aromatic heterocycles. The molecule has 2 amide bonds. The zero-order chi connectivity index (χ0) is 26.3. The highest BCUT2D eigenvalue weighted by Gasteiger charge is 2.30. The number of nitrogens with zero attached hydrogens (tertiary/aromatic N) is 2. The van der Waals surface area contributed by atoms with E-state index in [0.717, 1.165) is 54.2 Å². The zero-order valence-corrected chi connectivity index (χ0v) is 22.3. The number of hydrogen-bond acceptors (Lipinski definition) is 5. The molecule has 7 heteroatoms. The Bertz CT molecular complexity index is 1350. The van der Waals surface area contributed by atoms with E-state index in [1.54, 1.807) is 11.3 Å². The molecule has 0 aliphatic carbocycles. The Hall–Kier alpha value is -3.94. The van der Waals surface area contributed by atoms with Gasteiger partial charge in [0.25, 0.3) is 5.91 Å². The van der Waals surface area contributed by atoms with Crippen LogP contribution in [0.25, 0.3) is 11.1 Å². The lowest BCUT2D eigenvalue weighted by Crippen LogP contribution is -2.51. The third-order valence-electron chi connectivity index (χ3n) is 6.89. The fourth-order valence-corrected chi connectivity index (χ4v) is 5.63. The van der Waals surface area contributed by atoms with Gasteiger partial charge in [0, 0.05) is 49.7 Å². The van der Waals surface area contributed by atoms with Crippen molar-refractivity contribution in [3.8, 4) is 11.1 Å². The van der Waals surface area contributed by atoms with E-state index in [1.807, 2.05) is 85.1 Å². The van der Waals surface area contributed by atoms with Crippen LogP contribution >= 0.6 is 11.3 Å². The number of thiophene rings is 1. The number of hydrogen-bond donors (Lipinski definition) is 2. The van der Waals surface area contributed by atoms with Crippen molar-refractivity contribution in [3.05, 3.63) is 107 Å². The average Bonchev–Trinajstić information content (AvgIpc) is 3.50. The van der Waals surface area contributed by atoms with Crippen molar-refractivity contribution in [3.63, 3.8) is 0 Å². The molecule has 5 rings (SSSR count). The van der Waals surface area contributed by atoms with Crippen molar-refractivity contribution in [2.24, 2.45) is 0 Å². The number of rotatable bonds is 8. The average molecular weight is 525 g/mol. The van der Waals surface area contributed by atoms with Gasteiger partial charge in [0.15, 0.2) is 0 Å². The SMILES string of the molecule is CCNC(=O)C(c1ccccc1)N1CCN(c2ccc(NC(=O)c3ccccc3-c3ccsc3)cc2)CC1. The predicted octanol–water partition coefficient (Wildman–Crippen LogP) is 5.67. The summed E-state index contributed by atoms with van der Waals surface area (Å²) >= 11 is 1.62. The highest BCUT2D eigenvalue weighted by Crippen LogP contribution is 2.28. The van der Waals surface area contributed by atoms with Gasteiger partial charge in [0.05, 0.1) is 0 Å². The number of carbonyl (C=O) groups is 2. The second-order valence-electron chi connectivity index (χ2n) is 9.29. The molecular formula is C31H32N4O2S. The Morgan fingerprint density at radius 2 is 1.58 bits per heavy atom.